The van der Waals surface area contributed by atoms with E-state index in [4.69, 9.17) is 0 Å². The largest absolute Gasteiger partial charge is 0.0847 e. The van der Waals surface area contributed by atoms with Crippen LogP contribution in [0.25, 0.3) is 0 Å². The van der Waals surface area contributed by atoms with Gasteiger partial charge in [0.2, 0.25) is 0 Å². The van der Waals surface area contributed by atoms with Crippen LogP contribution in [0.4, 0.5) is 0 Å². The minimum atomic E-state index is 0.624. The van der Waals surface area contributed by atoms with Crippen molar-refractivity contribution in [3.05, 3.63) is 11.6 Å². The fraction of sp³-hybridized carbons (Fsp3) is 0.846. The fourth-order valence-electron chi connectivity index (χ4n) is 3.18. The molecule has 0 N–H and O–H groups in total. The Morgan fingerprint density at radius 3 is 2.62 bits per heavy atom. The molecule has 3 aliphatic carbocycles. The molecule has 0 heteroatoms. The lowest BCUT2D eigenvalue weighted by molar-refractivity contribution is -0.00919. The van der Waals surface area contributed by atoms with E-state index in [2.05, 4.69) is 33.8 Å². The monoisotopic (exact) mass is 178 g/mol. The molecule has 0 aliphatic heterocycles. The predicted molar refractivity (Wildman–Crippen MR) is 57.5 cm³/mol. The number of hydrogen-bond donors (Lipinski definition) is 0. The first kappa shape index (κ1) is 9.30. The molecule has 0 spiro atoms. The molecule has 0 aromatic heterocycles. The highest BCUT2D eigenvalue weighted by Crippen LogP contribution is 2.60. The smallest absolute Gasteiger partial charge is 0.0146 e. The molecule has 0 nitrogen and oxygen atoms in total. The number of fused-ring (bicyclic) bond motifs is 1. The van der Waals surface area contributed by atoms with Gasteiger partial charge in [-0.2, -0.15) is 0 Å². The molecule has 0 saturated heterocycles. The second-order valence-electron chi connectivity index (χ2n) is 5.92. The second kappa shape index (κ2) is 2.87. The maximum atomic E-state index is 2.53. The van der Waals surface area contributed by atoms with Crippen LogP contribution in [-0.2, 0) is 0 Å². The Morgan fingerprint density at radius 2 is 2.15 bits per heavy atom. The third-order valence-corrected chi connectivity index (χ3v) is 4.23. The van der Waals surface area contributed by atoms with E-state index in [9.17, 15) is 0 Å². The summed E-state index contributed by atoms with van der Waals surface area (Å²) >= 11 is 0. The van der Waals surface area contributed by atoms with E-state index >= 15 is 0 Å². The molecule has 0 heterocycles. The van der Waals surface area contributed by atoms with Crippen LogP contribution in [0.3, 0.4) is 0 Å². The van der Waals surface area contributed by atoms with Gasteiger partial charge in [-0.1, -0.05) is 39.3 Å². The number of rotatable bonds is 2. The summed E-state index contributed by atoms with van der Waals surface area (Å²) in [6, 6.07) is 0. The van der Waals surface area contributed by atoms with Crippen LogP contribution in [-0.4, -0.2) is 0 Å². The van der Waals surface area contributed by atoms with Crippen molar-refractivity contribution in [3.63, 3.8) is 0 Å². The molecule has 13 heavy (non-hydrogen) atoms. The summed E-state index contributed by atoms with van der Waals surface area (Å²) in [5.41, 5.74) is 2.39. The Morgan fingerprint density at radius 1 is 1.46 bits per heavy atom. The molecule has 2 unspecified atom stereocenters. The van der Waals surface area contributed by atoms with Gasteiger partial charge in [-0.15, -0.1) is 0 Å². The van der Waals surface area contributed by atoms with Crippen molar-refractivity contribution in [1.29, 1.82) is 0 Å². The van der Waals surface area contributed by atoms with Crippen LogP contribution < -0.4 is 0 Å². The van der Waals surface area contributed by atoms with E-state index < -0.39 is 0 Å². The Labute approximate surface area is 82.4 Å². The molecule has 0 radical (unpaired) electrons. The molecule has 0 aromatic carbocycles. The van der Waals surface area contributed by atoms with Gasteiger partial charge in [0, 0.05) is 0 Å². The van der Waals surface area contributed by atoms with Gasteiger partial charge in [-0.05, 0) is 42.4 Å². The third kappa shape index (κ3) is 1.35. The first-order valence-corrected chi connectivity index (χ1v) is 5.70. The highest BCUT2D eigenvalue weighted by molar-refractivity contribution is 5.23. The maximum absolute atomic E-state index is 2.53. The van der Waals surface area contributed by atoms with Crippen molar-refractivity contribution in [2.45, 2.75) is 47.0 Å². The Balaban J connectivity index is 2.10. The van der Waals surface area contributed by atoms with Gasteiger partial charge in [0.05, 0.1) is 0 Å². The molecule has 0 amide bonds. The number of allylic oxidation sites excluding steroid dienone is 2. The topological polar surface area (TPSA) is 0 Å². The molecule has 2 bridgehead atoms. The lowest BCUT2D eigenvalue weighted by Crippen LogP contribution is -2.48. The minimum Gasteiger partial charge on any atom is -0.0847 e. The fourth-order valence-corrected chi connectivity index (χ4v) is 3.18. The van der Waals surface area contributed by atoms with Gasteiger partial charge in [-0.3, -0.25) is 0 Å². The zero-order valence-electron chi connectivity index (χ0n) is 9.43. The van der Waals surface area contributed by atoms with Crippen molar-refractivity contribution >= 4 is 0 Å². The summed E-state index contributed by atoms with van der Waals surface area (Å²) in [6.45, 7) is 9.58. The first-order valence-electron chi connectivity index (χ1n) is 5.70. The minimum absolute atomic E-state index is 0.624. The van der Waals surface area contributed by atoms with E-state index in [1.54, 1.807) is 5.57 Å². The van der Waals surface area contributed by atoms with Gasteiger partial charge >= 0.3 is 0 Å². The molecular formula is C13H22. The van der Waals surface area contributed by atoms with Gasteiger partial charge < -0.3 is 0 Å². The van der Waals surface area contributed by atoms with Gasteiger partial charge in [0.1, 0.15) is 0 Å². The van der Waals surface area contributed by atoms with Crippen molar-refractivity contribution in [2.75, 3.05) is 0 Å². The van der Waals surface area contributed by atoms with Crippen LogP contribution >= 0.6 is 0 Å². The Kier molecular flexibility index (Phi) is 2.05. The molecule has 3 rings (SSSR count). The summed E-state index contributed by atoms with van der Waals surface area (Å²) in [7, 11) is 0. The van der Waals surface area contributed by atoms with Crippen molar-refractivity contribution < 1.29 is 0 Å². The molecule has 2 atom stereocenters. The average molecular weight is 178 g/mol. The Hall–Kier alpha value is -0.260. The van der Waals surface area contributed by atoms with Crippen molar-refractivity contribution in [1.82, 2.24) is 0 Å². The van der Waals surface area contributed by atoms with Crippen LogP contribution in [0.2, 0.25) is 0 Å². The Bertz CT molecular complexity index is 232. The molecule has 3 aliphatic rings. The average Bonchev–Trinajstić information content (AvgIpc) is 2.03. The normalized spacial score (nSPS) is 35.6. The van der Waals surface area contributed by atoms with E-state index in [-0.39, 0.29) is 0 Å². The molecule has 1 saturated carbocycles. The van der Waals surface area contributed by atoms with E-state index in [0.29, 0.717) is 5.41 Å². The lowest BCUT2D eigenvalue weighted by atomic mass is 9.48. The van der Waals surface area contributed by atoms with Crippen LogP contribution in [0, 0.1) is 23.2 Å². The van der Waals surface area contributed by atoms with E-state index in [0.717, 1.165) is 17.8 Å². The van der Waals surface area contributed by atoms with Gasteiger partial charge in [-0.25, -0.2) is 0 Å². The highest BCUT2D eigenvalue weighted by atomic mass is 14.5. The summed E-state index contributed by atoms with van der Waals surface area (Å²) in [5, 5.41) is 0. The molecule has 0 aromatic rings. The van der Waals surface area contributed by atoms with Gasteiger partial charge in [0.25, 0.3) is 0 Å². The standard InChI is InChI=1S/C13H22/c1-9(2)7-10-5-6-11-8-12(10)13(11,3)4/h5,9,11-12H,6-8H2,1-4H3. The van der Waals surface area contributed by atoms with Crippen molar-refractivity contribution in [3.8, 4) is 0 Å². The van der Waals surface area contributed by atoms with E-state index in [1.807, 2.05) is 0 Å². The van der Waals surface area contributed by atoms with E-state index in [1.165, 1.54) is 19.3 Å². The highest BCUT2D eigenvalue weighted by Gasteiger charge is 2.50. The van der Waals surface area contributed by atoms with Crippen LogP contribution in [0.5, 0.6) is 0 Å². The number of hydrogen-bond acceptors (Lipinski definition) is 0. The molecule has 74 valence electrons. The first-order chi connectivity index (χ1) is 6.01. The van der Waals surface area contributed by atoms with Crippen LogP contribution in [0.1, 0.15) is 47.0 Å². The summed E-state index contributed by atoms with van der Waals surface area (Å²) < 4.78 is 0. The predicted octanol–water partition coefficient (Wildman–Crippen LogP) is 4.02. The quantitative estimate of drug-likeness (QED) is 0.560. The third-order valence-electron chi connectivity index (χ3n) is 4.23. The molecular weight excluding hydrogens is 156 g/mol. The van der Waals surface area contributed by atoms with Gasteiger partial charge in [0.15, 0.2) is 0 Å². The summed E-state index contributed by atoms with van der Waals surface area (Å²) in [4.78, 5) is 0. The summed E-state index contributed by atoms with van der Waals surface area (Å²) in [6.07, 6.45) is 6.70. The zero-order valence-corrected chi connectivity index (χ0v) is 9.43. The molecule has 1 fully saturated rings. The zero-order chi connectivity index (χ0) is 9.64. The summed E-state index contributed by atoms with van der Waals surface area (Å²) in [5.74, 6) is 2.75. The maximum Gasteiger partial charge on any atom is -0.0146 e. The SMILES string of the molecule is CC(C)CC1=CCC2CC1C2(C)C. The van der Waals surface area contributed by atoms with Crippen LogP contribution in [0.15, 0.2) is 11.6 Å². The second-order valence-corrected chi connectivity index (χ2v) is 5.92. The van der Waals surface area contributed by atoms with Crippen molar-refractivity contribution in [2.24, 2.45) is 23.2 Å². The lowest BCUT2D eigenvalue weighted by Gasteiger charge is -2.56.